The molecule has 0 aliphatic carbocycles. The first-order valence-corrected chi connectivity index (χ1v) is 25.4. The molecular weight excluding hydrogens is 977 g/mol. The molecule has 0 bridgehead atoms. The summed E-state index contributed by atoms with van der Waals surface area (Å²) in [5, 5.41) is 3.16. The van der Waals surface area contributed by atoms with Crippen LogP contribution in [-0.2, 0) is 26.5 Å². The van der Waals surface area contributed by atoms with Gasteiger partial charge in [0.15, 0.2) is 0 Å². The van der Waals surface area contributed by atoms with Crippen LogP contribution in [0.15, 0.2) is 126 Å². The van der Waals surface area contributed by atoms with Crippen molar-refractivity contribution in [3.05, 3.63) is 162 Å². The third-order valence-corrected chi connectivity index (χ3v) is 13.4. The van der Waals surface area contributed by atoms with Crippen molar-refractivity contribution in [3.8, 4) is 39.5 Å². The van der Waals surface area contributed by atoms with Gasteiger partial charge in [0.05, 0.1) is 36.2 Å². The molecule has 0 aliphatic heterocycles. The Morgan fingerprint density at radius 3 is 2.16 bits per heavy atom. The number of rotatable bonds is 8. The van der Waals surface area contributed by atoms with E-state index in [1.165, 1.54) is 34.0 Å². The van der Waals surface area contributed by atoms with Crippen molar-refractivity contribution in [2.45, 2.75) is 100 Å². The summed E-state index contributed by atoms with van der Waals surface area (Å²) >= 11 is 0. The molecule has 4 aromatic heterocycles. The number of furan rings is 1. The molecule has 9 rings (SSSR count). The average Bonchev–Trinajstić information content (AvgIpc) is 3.88. The number of pyridine rings is 2. The van der Waals surface area contributed by atoms with E-state index in [2.05, 4.69) is 137 Å². The van der Waals surface area contributed by atoms with E-state index in [4.69, 9.17) is 21.2 Å². The molecule has 0 amide bonds. The number of hydrogen-bond acceptors (Lipinski definition) is 4. The number of hydrogen-bond donors (Lipinski definition) is 0. The van der Waals surface area contributed by atoms with Gasteiger partial charge >= 0.3 is 0 Å². The molecule has 64 heavy (non-hydrogen) atoms. The van der Waals surface area contributed by atoms with Crippen LogP contribution in [0, 0.1) is 31.3 Å². The predicted molar refractivity (Wildman–Crippen MR) is 268 cm³/mol. The Morgan fingerprint density at radius 2 is 1.52 bits per heavy atom. The minimum Gasteiger partial charge on any atom is -0.501 e. The molecule has 4 heterocycles. The standard InChI is InChI=1S/C37H32N3O.C20H28NSi.Ir/c1-22(2)30-20-26(25-12-7-6-8-13-25)21-31(23(3)4)35(30)40-34-24(5)38-19-18-32(34)39-37(40)29-16-11-15-28-27-14-9-10-17-33(27)41-36(28)29;1-15-8-10-16(11-9-15)18-12-17(13-20(2,3)4)19(14-21-18)22(5,6)7;/h6-15,17-23H,1-5H3;8-10,12,14H,13H2,1-7H3;/q2*-1;/i;1D3,13D2;. The number of aromatic nitrogens is 4. The second-order valence-electron chi connectivity index (χ2n) is 19.1. The van der Waals surface area contributed by atoms with E-state index in [9.17, 15) is 0 Å². The van der Waals surface area contributed by atoms with E-state index >= 15 is 0 Å². The van der Waals surface area contributed by atoms with E-state index in [-0.39, 0.29) is 37.5 Å². The zero-order valence-corrected chi connectivity index (χ0v) is 42.1. The Balaban J connectivity index is 0.000000220. The van der Waals surface area contributed by atoms with Crippen LogP contribution in [0.3, 0.4) is 0 Å². The number of aryl methyl sites for hydroxylation is 2. The fourth-order valence-corrected chi connectivity index (χ4v) is 9.73. The normalized spacial score (nSPS) is 13.5. The van der Waals surface area contributed by atoms with Crippen molar-refractivity contribution in [1.82, 2.24) is 19.5 Å². The number of benzene rings is 5. The Kier molecular flexibility index (Phi) is 11.6. The molecule has 0 unspecified atom stereocenters. The maximum Gasteiger partial charge on any atom is 0.120 e. The fourth-order valence-electron chi connectivity index (χ4n) is 8.33. The maximum atomic E-state index is 8.79. The number of nitrogens with zero attached hydrogens (tertiary/aromatic N) is 4. The minimum atomic E-state index is -2.17. The molecule has 0 atom stereocenters. The fraction of sp³-hybridized carbons (Fsp3) is 0.281. The molecule has 5 nitrogen and oxygen atoms in total. The van der Waals surface area contributed by atoms with Gasteiger partial charge < -0.3 is 14.0 Å². The third-order valence-electron chi connectivity index (χ3n) is 11.4. The predicted octanol–water partition coefficient (Wildman–Crippen LogP) is 15.0. The van der Waals surface area contributed by atoms with Gasteiger partial charge in [0.1, 0.15) is 5.58 Å². The van der Waals surface area contributed by atoms with E-state index < -0.39 is 26.7 Å². The van der Waals surface area contributed by atoms with Crippen molar-refractivity contribution in [2.24, 2.45) is 5.41 Å². The molecule has 0 N–H and O–H groups in total. The molecule has 0 aliphatic rings. The molecule has 329 valence electrons. The zero-order chi connectivity index (χ0) is 49.1. The van der Waals surface area contributed by atoms with Crippen molar-refractivity contribution in [1.29, 1.82) is 0 Å². The summed E-state index contributed by atoms with van der Waals surface area (Å²) < 4.78 is 48.8. The van der Waals surface area contributed by atoms with E-state index in [0.717, 1.165) is 55.2 Å². The SMILES string of the molecule is Cc1nccc2nc(-c3[c-]ccc4c3oc3ccccc34)n(-c3c(C(C)C)cc(-c4ccccc4)cc3C(C)C)c12.[2H]C([2H])([2H])c1c[c-]c(-c2cc(C([2H])([2H])C(C)(C)C)c([Si](C)(C)C)cn2)cc1.[Ir]. The van der Waals surface area contributed by atoms with Gasteiger partial charge in [-0.2, -0.15) is 0 Å². The molecule has 9 aromatic rings. The first kappa shape index (κ1) is 40.1. The van der Waals surface area contributed by atoms with Crippen LogP contribution in [0.25, 0.3) is 72.4 Å². The Bertz CT molecular complexity index is 3260. The molecule has 5 aromatic carbocycles. The van der Waals surface area contributed by atoms with Gasteiger partial charge in [0.2, 0.25) is 0 Å². The summed E-state index contributed by atoms with van der Waals surface area (Å²) in [5.41, 5.74) is 13.1. The van der Waals surface area contributed by atoms with Crippen LogP contribution in [0.4, 0.5) is 0 Å². The second kappa shape index (κ2) is 18.6. The Morgan fingerprint density at radius 1 is 0.812 bits per heavy atom. The van der Waals surface area contributed by atoms with Crippen molar-refractivity contribution >= 4 is 46.2 Å². The van der Waals surface area contributed by atoms with Crippen molar-refractivity contribution in [3.63, 3.8) is 0 Å². The summed E-state index contributed by atoms with van der Waals surface area (Å²) in [6.45, 7) is 21.2. The molecule has 0 saturated carbocycles. The summed E-state index contributed by atoms with van der Waals surface area (Å²) in [7, 11) is -1.81. The van der Waals surface area contributed by atoms with Crippen LogP contribution >= 0.6 is 0 Å². The first-order valence-electron chi connectivity index (χ1n) is 24.4. The zero-order valence-electron chi connectivity index (χ0n) is 43.7. The van der Waals surface area contributed by atoms with Gasteiger partial charge in [-0.3, -0.25) is 9.97 Å². The van der Waals surface area contributed by atoms with E-state index in [1.807, 2.05) is 57.3 Å². The van der Waals surface area contributed by atoms with Crippen LogP contribution < -0.4 is 5.19 Å². The van der Waals surface area contributed by atoms with Gasteiger partial charge in [-0.1, -0.05) is 146 Å². The van der Waals surface area contributed by atoms with Gasteiger partial charge in [-0.15, -0.1) is 53.6 Å². The molecule has 7 heteroatoms. The van der Waals surface area contributed by atoms with Crippen LogP contribution in [0.1, 0.15) is 95.1 Å². The van der Waals surface area contributed by atoms with Crippen LogP contribution in [0.5, 0.6) is 0 Å². The quantitative estimate of drug-likeness (QED) is 0.112. The van der Waals surface area contributed by atoms with Crippen LogP contribution in [0.2, 0.25) is 19.6 Å². The topological polar surface area (TPSA) is 56.7 Å². The van der Waals surface area contributed by atoms with Gasteiger partial charge in [-0.05, 0) is 87.9 Å². The molecule has 0 spiro atoms. The molecule has 1 radical (unpaired) electrons. The van der Waals surface area contributed by atoms with Gasteiger partial charge in [0, 0.05) is 50.4 Å². The summed E-state index contributed by atoms with van der Waals surface area (Å²) in [6.07, 6.45) is 2.11. The van der Waals surface area contributed by atoms with Gasteiger partial charge in [0.25, 0.3) is 0 Å². The number of fused-ring (bicyclic) bond motifs is 4. The third kappa shape index (κ3) is 9.49. The largest absolute Gasteiger partial charge is 0.501 e. The molecular formula is C57H60IrN4OSi-2. The second-order valence-corrected chi connectivity index (χ2v) is 24.2. The first-order chi connectivity index (χ1) is 32.0. The molecule has 0 fully saturated rings. The Hall–Kier alpha value is -5.46. The molecule has 0 saturated heterocycles. The average molecular weight is 1040 g/mol. The summed E-state index contributed by atoms with van der Waals surface area (Å²) in [5.74, 6) is 1.37. The van der Waals surface area contributed by atoms with E-state index in [1.54, 1.807) is 18.3 Å². The maximum absolute atomic E-state index is 8.79. The summed E-state index contributed by atoms with van der Waals surface area (Å²) in [6, 6.07) is 42.7. The van der Waals surface area contributed by atoms with Crippen molar-refractivity contribution < 1.29 is 31.4 Å². The number of imidazole rings is 1. The summed E-state index contributed by atoms with van der Waals surface area (Å²) in [4.78, 5) is 14.5. The van der Waals surface area contributed by atoms with Gasteiger partial charge in [-0.25, -0.2) is 0 Å². The van der Waals surface area contributed by atoms with Crippen molar-refractivity contribution in [2.75, 3.05) is 0 Å². The number of para-hydroxylation sites is 1. The smallest absolute Gasteiger partial charge is 0.120 e. The monoisotopic (exact) mass is 1040 g/mol. The minimum absolute atomic E-state index is 0. The van der Waals surface area contributed by atoms with E-state index in [0.29, 0.717) is 16.8 Å². The van der Waals surface area contributed by atoms with Crippen LogP contribution in [-0.4, -0.2) is 27.6 Å². The Labute approximate surface area is 401 Å².